The second kappa shape index (κ2) is 6.50. The largest absolute Gasteiger partial charge is 0.391 e. The number of thiophene rings is 1. The van der Waals surface area contributed by atoms with E-state index in [4.69, 9.17) is 0 Å². The number of hydrogen-bond donors (Lipinski definition) is 2. The standard InChI is InChI=1S/C15H21NO2S2/c17-12(10-3-1-2-4-10)9-16-15(18)14-11-5-7-19-13(11)6-8-20-14/h5,7,10,12,14,17H,1-4,6,8-9H2,(H,16,18). The van der Waals surface area contributed by atoms with Gasteiger partial charge in [-0.15, -0.1) is 23.1 Å². The Hall–Kier alpha value is -0.520. The van der Waals surface area contributed by atoms with Gasteiger partial charge in [0.05, 0.1) is 6.10 Å². The summed E-state index contributed by atoms with van der Waals surface area (Å²) in [6.07, 6.45) is 5.33. The zero-order valence-corrected chi connectivity index (χ0v) is 13.1. The summed E-state index contributed by atoms with van der Waals surface area (Å²) >= 11 is 3.46. The summed E-state index contributed by atoms with van der Waals surface area (Å²) in [6.45, 7) is 0.403. The number of nitrogens with one attached hydrogen (secondary N) is 1. The van der Waals surface area contributed by atoms with Crippen LogP contribution in [0, 0.1) is 5.92 Å². The van der Waals surface area contributed by atoms with Crippen LogP contribution in [0.5, 0.6) is 0 Å². The third-order valence-corrected chi connectivity index (χ3v) is 6.58. The first-order valence-electron chi connectivity index (χ1n) is 7.39. The number of carbonyl (C=O) groups is 1. The van der Waals surface area contributed by atoms with E-state index >= 15 is 0 Å². The van der Waals surface area contributed by atoms with Crippen molar-refractivity contribution < 1.29 is 9.90 Å². The summed E-state index contributed by atoms with van der Waals surface area (Å²) in [5.74, 6) is 1.45. The lowest BCUT2D eigenvalue weighted by Gasteiger charge is -2.23. The molecule has 1 aliphatic carbocycles. The molecule has 3 rings (SSSR count). The lowest BCUT2D eigenvalue weighted by Crippen LogP contribution is -2.38. The molecule has 2 N–H and O–H groups in total. The van der Waals surface area contributed by atoms with E-state index in [0.29, 0.717) is 12.5 Å². The van der Waals surface area contributed by atoms with Gasteiger partial charge >= 0.3 is 0 Å². The van der Waals surface area contributed by atoms with Crippen molar-refractivity contribution in [2.45, 2.75) is 43.5 Å². The summed E-state index contributed by atoms with van der Waals surface area (Å²) in [5.41, 5.74) is 1.18. The molecule has 0 spiro atoms. The van der Waals surface area contributed by atoms with Gasteiger partial charge in [0, 0.05) is 11.4 Å². The van der Waals surface area contributed by atoms with E-state index < -0.39 is 0 Å². The third-order valence-electron chi connectivity index (χ3n) is 4.34. The van der Waals surface area contributed by atoms with Crippen LogP contribution in [0.25, 0.3) is 0 Å². The number of rotatable bonds is 4. The molecule has 0 bridgehead atoms. The number of amides is 1. The van der Waals surface area contributed by atoms with Gasteiger partial charge in [-0.25, -0.2) is 0 Å². The summed E-state index contributed by atoms with van der Waals surface area (Å²) in [4.78, 5) is 13.7. The van der Waals surface area contributed by atoms with E-state index in [0.717, 1.165) is 25.0 Å². The topological polar surface area (TPSA) is 49.3 Å². The molecule has 3 nitrogen and oxygen atoms in total. The van der Waals surface area contributed by atoms with Crippen LogP contribution in [0.2, 0.25) is 0 Å². The van der Waals surface area contributed by atoms with Crippen molar-refractivity contribution in [3.8, 4) is 0 Å². The normalized spacial score (nSPS) is 24.4. The number of hydrogen-bond acceptors (Lipinski definition) is 4. The Labute approximate surface area is 128 Å². The molecule has 2 aliphatic rings. The highest BCUT2D eigenvalue weighted by Gasteiger charge is 2.29. The van der Waals surface area contributed by atoms with E-state index in [1.54, 1.807) is 23.1 Å². The van der Waals surface area contributed by atoms with Gasteiger partial charge in [-0.2, -0.15) is 0 Å². The second-order valence-corrected chi connectivity index (χ2v) is 7.87. The molecule has 1 aliphatic heterocycles. The second-order valence-electron chi connectivity index (χ2n) is 5.66. The molecule has 1 saturated carbocycles. The fraction of sp³-hybridized carbons (Fsp3) is 0.667. The van der Waals surface area contributed by atoms with Crippen LogP contribution in [-0.2, 0) is 11.2 Å². The predicted molar refractivity (Wildman–Crippen MR) is 84.2 cm³/mol. The van der Waals surface area contributed by atoms with E-state index in [2.05, 4.69) is 16.8 Å². The third kappa shape index (κ3) is 3.05. The van der Waals surface area contributed by atoms with E-state index in [1.165, 1.54) is 23.3 Å². The van der Waals surface area contributed by atoms with Crippen molar-refractivity contribution in [2.24, 2.45) is 5.92 Å². The van der Waals surface area contributed by atoms with Gasteiger partial charge in [-0.1, -0.05) is 12.8 Å². The fourth-order valence-electron chi connectivity index (χ4n) is 3.17. The summed E-state index contributed by atoms with van der Waals surface area (Å²) in [6, 6.07) is 2.07. The van der Waals surface area contributed by atoms with Gasteiger partial charge < -0.3 is 10.4 Å². The van der Waals surface area contributed by atoms with E-state index in [1.807, 2.05) is 0 Å². The smallest absolute Gasteiger partial charge is 0.237 e. The van der Waals surface area contributed by atoms with Crippen molar-refractivity contribution in [1.29, 1.82) is 0 Å². The molecule has 1 aromatic heterocycles. The first-order chi connectivity index (χ1) is 9.75. The molecule has 2 unspecified atom stereocenters. The Bertz CT molecular complexity index is 468. The monoisotopic (exact) mass is 311 g/mol. The molecule has 110 valence electrons. The number of aryl methyl sites for hydroxylation is 1. The van der Waals surface area contributed by atoms with E-state index in [-0.39, 0.29) is 17.3 Å². The SMILES string of the molecule is O=C(NCC(O)C1CCCC1)C1SCCc2sccc21. The molecule has 1 amide bonds. The quantitative estimate of drug-likeness (QED) is 0.899. The fourth-order valence-corrected chi connectivity index (χ4v) is 5.49. The highest BCUT2D eigenvalue weighted by atomic mass is 32.2. The van der Waals surface area contributed by atoms with Crippen molar-refractivity contribution >= 4 is 29.0 Å². The van der Waals surface area contributed by atoms with Crippen LogP contribution >= 0.6 is 23.1 Å². The summed E-state index contributed by atoms with van der Waals surface area (Å²) in [5, 5.41) is 15.1. The van der Waals surface area contributed by atoms with Crippen molar-refractivity contribution in [3.63, 3.8) is 0 Å². The van der Waals surface area contributed by atoms with Crippen molar-refractivity contribution in [2.75, 3.05) is 12.3 Å². The number of carbonyl (C=O) groups excluding carboxylic acids is 1. The molecule has 0 radical (unpaired) electrons. The molecule has 1 fully saturated rings. The highest BCUT2D eigenvalue weighted by Crippen LogP contribution is 2.39. The minimum atomic E-state index is -0.378. The molecular formula is C15H21NO2S2. The van der Waals surface area contributed by atoms with Gasteiger partial charge in [0.1, 0.15) is 5.25 Å². The Balaban J connectivity index is 1.55. The Morgan fingerprint density at radius 1 is 1.45 bits per heavy atom. The van der Waals surface area contributed by atoms with Crippen LogP contribution < -0.4 is 5.32 Å². The number of fused-ring (bicyclic) bond motifs is 1. The first kappa shape index (κ1) is 14.4. The minimum Gasteiger partial charge on any atom is -0.391 e. The molecule has 2 heterocycles. The van der Waals surface area contributed by atoms with Crippen LogP contribution in [0.3, 0.4) is 0 Å². The number of aliphatic hydroxyl groups is 1. The summed E-state index contributed by atoms with van der Waals surface area (Å²) < 4.78 is 0. The van der Waals surface area contributed by atoms with Crippen LogP contribution in [0.1, 0.15) is 41.4 Å². The highest BCUT2D eigenvalue weighted by molar-refractivity contribution is 8.00. The van der Waals surface area contributed by atoms with Crippen molar-refractivity contribution in [1.82, 2.24) is 5.32 Å². The van der Waals surface area contributed by atoms with Crippen LogP contribution in [-0.4, -0.2) is 29.4 Å². The number of aliphatic hydroxyl groups excluding tert-OH is 1. The maximum Gasteiger partial charge on any atom is 0.237 e. The maximum absolute atomic E-state index is 12.3. The van der Waals surface area contributed by atoms with Crippen LogP contribution in [0.4, 0.5) is 0 Å². The molecule has 20 heavy (non-hydrogen) atoms. The van der Waals surface area contributed by atoms with Crippen molar-refractivity contribution in [3.05, 3.63) is 21.9 Å². The molecule has 1 aromatic rings. The lowest BCUT2D eigenvalue weighted by atomic mass is 10.0. The molecular weight excluding hydrogens is 290 g/mol. The average molecular weight is 311 g/mol. The molecule has 0 saturated heterocycles. The predicted octanol–water partition coefficient (Wildman–Crippen LogP) is 2.75. The lowest BCUT2D eigenvalue weighted by molar-refractivity contribution is -0.121. The zero-order valence-electron chi connectivity index (χ0n) is 11.5. The Morgan fingerprint density at radius 2 is 2.25 bits per heavy atom. The zero-order chi connectivity index (χ0) is 13.9. The molecule has 5 heteroatoms. The van der Waals surface area contributed by atoms with Gasteiger partial charge in [-0.05, 0) is 47.9 Å². The first-order valence-corrected chi connectivity index (χ1v) is 9.32. The minimum absolute atomic E-state index is 0.0615. The van der Waals surface area contributed by atoms with Gasteiger partial charge in [-0.3, -0.25) is 4.79 Å². The Kier molecular flexibility index (Phi) is 4.68. The summed E-state index contributed by atoms with van der Waals surface area (Å²) in [7, 11) is 0. The van der Waals surface area contributed by atoms with Gasteiger partial charge in [0.2, 0.25) is 5.91 Å². The van der Waals surface area contributed by atoms with Gasteiger partial charge in [0.25, 0.3) is 0 Å². The molecule has 0 aromatic carbocycles. The molecule has 2 atom stereocenters. The van der Waals surface area contributed by atoms with E-state index in [9.17, 15) is 9.90 Å². The van der Waals surface area contributed by atoms with Crippen LogP contribution in [0.15, 0.2) is 11.4 Å². The average Bonchev–Trinajstić information content (AvgIpc) is 3.13. The Morgan fingerprint density at radius 3 is 3.05 bits per heavy atom. The number of thioether (sulfide) groups is 1. The maximum atomic E-state index is 12.3. The van der Waals surface area contributed by atoms with Gasteiger partial charge in [0.15, 0.2) is 0 Å².